The lowest BCUT2D eigenvalue weighted by molar-refractivity contribution is -0.161. The molecule has 0 bridgehead atoms. The Balaban J connectivity index is 5.44. The molecule has 0 aromatic rings. The van der Waals surface area contributed by atoms with E-state index < -0.39 is 97.5 Å². The van der Waals surface area contributed by atoms with Gasteiger partial charge in [0.05, 0.1) is 26.4 Å². The largest absolute Gasteiger partial charge is 0.472 e. The molecule has 5 atom stereocenters. The molecule has 0 aromatic carbocycles. The number of aliphatic hydroxyl groups is 1. The van der Waals surface area contributed by atoms with Gasteiger partial charge in [0.1, 0.15) is 19.3 Å². The number of phosphoric acid groups is 2. The fraction of sp³-hybridized carbons (Fsp3) is 0.711. The standard InChI is InChI=1S/C83H142O17P2/c1-5-9-13-17-21-25-29-33-35-37-38-40-41-45-48-52-56-60-64-68-81(86)94-74-78(99-82(87)69-65-61-57-53-49-44-32-28-24-20-16-12-8-4)75-97-101(89,90)95-71-77(84)72-96-102(91,92)98-76-79(73-93-80(85)67-63-59-55-51-47-43-31-27-23-19-15-11-7-3)100-83(88)70-66-62-58-54-50-46-42-39-36-34-30-26-22-18-14-10-6-2/h9,13,21-22,25-26,33-36,38,40,42,45-46,48,54,56,58,60,77-79,84H,5-8,10-12,14-20,23-24,27-32,37,39,41,43-44,47,49-53,55,57,59,61-76H2,1-4H3,(H,89,90)(H,91,92)/b13-9-,25-21-,26-22-,35-33-,36-34-,40-38-,46-42-,48-45-,58-54-,60-56-/t77-,78-,79-/m1/s1. The normalized spacial score (nSPS) is 14.5. The molecule has 19 heteroatoms. The van der Waals surface area contributed by atoms with Crippen LogP contribution in [-0.2, 0) is 65.4 Å². The molecule has 0 heterocycles. The smallest absolute Gasteiger partial charge is 0.462 e. The molecule has 0 saturated carbocycles. The summed E-state index contributed by atoms with van der Waals surface area (Å²) < 4.78 is 68.4. The number of rotatable bonds is 74. The Bertz CT molecular complexity index is 2410. The first-order valence-corrected chi connectivity index (χ1v) is 42.8. The average molecular weight is 1470 g/mol. The topological polar surface area (TPSA) is 237 Å². The van der Waals surface area contributed by atoms with E-state index in [1.807, 2.05) is 30.4 Å². The quantitative estimate of drug-likeness (QED) is 0.0169. The highest BCUT2D eigenvalue weighted by atomic mass is 31.2. The Kier molecular flexibility index (Phi) is 71.4. The van der Waals surface area contributed by atoms with Gasteiger partial charge in [0.15, 0.2) is 12.2 Å². The van der Waals surface area contributed by atoms with Crippen LogP contribution in [-0.4, -0.2) is 96.7 Å². The number of ether oxygens (including phenoxy) is 4. The number of hydrogen-bond donors (Lipinski definition) is 3. The number of esters is 4. The van der Waals surface area contributed by atoms with Crippen molar-refractivity contribution in [2.45, 2.75) is 341 Å². The third-order valence-electron chi connectivity index (χ3n) is 16.5. The van der Waals surface area contributed by atoms with Crippen molar-refractivity contribution < 1.29 is 80.2 Å². The van der Waals surface area contributed by atoms with E-state index in [1.54, 1.807) is 0 Å². The summed E-state index contributed by atoms with van der Waals surface area (Å²) >= 11 is 0. The molecular weight excluding hydrogens is 1330 g/mol. The van der Waals surface area contributed by atoms with Crippen molar-refractivity contribution in [1.29, 1.82) is 0 Å². The average Bonchev–Trinajstić information content (AvgIpc) is 0.908. The predicted molar refractivity (Wildman–Crippen MR) is 418 cm³/mol. The number of allylic oxidation sites excluding steroid dienone is 20. The molecule has 0 amide bonds. The van der Waals surface area contributed by atoms with Gasteiger partial charge in [-0.2, -0.15) is 0 Å². The van der Waals surface area contributed by atoms with E-state index >= 15 is 0 Å². The van der Waals surface area contributed by atoms with Crippen LogP contribution in [0.5, 0.6) is 0 Å². The van der Waals surface area contributed by atoms with Gasteiger partial charge >= 0.3 is 39.5 Å². The third kappa shape index (κ3) is 73.8. The van der Waals surface area contributed by atoms with Gasteiger partial charge in [0.2, 0.25) is 0 Å². The van der Waals surface area contributed by atoms with Gasteiger partial charge in [-0.05, 0) is 103 Å². The minimum absolute atomic E-state index is 0.0183. The molecule has 0 aromatic heterocycles. The molecule has 0 rings (SSSR count). The van der Waals surface area contributed by atoms with E-state index in [2.05, 4.69) is 119 Å². The fourth-order valence-electron chi connectivity index (χ4n) is 10.4. The maximum Gasteiger partial charge on any atom is 0.472 e. The van der Waals surface area contributed by atoms with Gasteiger partial charge in [0.25, 0.3) is 0 Å². The number of carbonyl (C=O) groups is 4. The van der Waals surface area contributed by atoms with Crippen LogP contribution in [0, 0.1) is 0 Å². The summed E-state index contributed by atoms with van der Waals surface area (Å²) in [7, 11) is -9.99. The minimum atomic E-state index is -4.99. The summed E-state index contributed by atoms with van der Waals surface area (Å²) in [6.45, 7) is 4.61. The highest BCUT2D eigenvalue weighted by Crippen LogP contribution is 2.45. The lowest BCUT2D eigenvalue weighted by Gasteiger charge is -2.21. The molecule has 586 valence electrons. The van der Waals surface area contributed by atoms with Crippen molar-refractivity contribution in [2.24, 2.45) is 0 Å². The summed E-state index contributed by atoms with van der Waals surface area (Å²) in [6.07, 6.45) is 82.0. The SMILES string of the molecule is CC/C=C\C/C=C\C/C=C\C/C=C\C/C=C\C/C=C\CCC(=O)OC[C@H](COP(=O)(O)OC[C@@H](O)COP(=O)(O)OC[C@@H](COC(=O)CCCCCCCCCCCCCCC)OC(=O)CCC/C=C\C/C=C\C/C=C\C/C=C\CCCCC)OC(=O)CCCCCCCCCCCCCCC. The van der Waals surface area contributed by atoms with Crippen molar-refractivity contribution in [3.63, 3.8) is 0 Å². The van der Waals surface area contributed by atoms with E-state index in [-0.39, 0.29) is 25.7 Å². The van der Waals surface area contributed by atoms with Crippen molar-refractivity contribution >= 4 is 39.5 Å². The highest BCUT2D eigenvalue weighted by molar-refractivity contribution is 7.47. The maximum absolute atomic E-state index is 13.1. The van der Waals surface area contributed by atoms with Crippen LogP contribution >= 0.6 is 15.6 Å². The van der Waals surface area contributed by atoms with Crippen molar-refractivity contribution in [3.05, 3.63) is 122 Å². The third-order valence-corrected chi connectivity index (χ3v) is 18.4. The first-order chi connectivity index (χ1) is 49.7. The van der Waals surface area contributed by atoms with Crippen molar-refractivity contribution in [3.8, 4) is 0 Å². The van der Waals surface area contributed by atoms with Crippen LogP contribution in [0.1, 0.15) is 323 Å². The minimum Gasteiger partial charge on any atom is -0.462 e. The van der Waals surface area contributed by atoms with Crippen LogP contribution in [0.25, 0.3) is 0 Å². The summed E-state index contributed by atoms with van der Waals surface area (Å²) in [5, 5.41) is 10.6. The zero-order chi connectivity index (χ0) is 74.6. The summed E-state index contributed by atoms with van der Waals surface area (Å²) in [6, 6.07) is 0. The Hall–Kier alpha value is -4.54. The monoisotopic (exact) mass is 1470 g/mol. The number of carbonyl (C=O) groups excluding carboxylic acids is 4. The molecule has 2 unspecified atom stereocenters. The van der Waals surface area contributed by atoms with Crippen molar-refractivity contribution in [1.82, 2.24) is 0 Å². The zero-order valence-corrected chi connectivity index (χ0v) is 65.8. The molecule has 0 aliphatic heterocycles. The highest BCUT2D eigenvalue weighted by Gasteiger charge is 2.30. The lowest BCUT2D eigenvalue weighted by Crippen LogP contribution is -2.30. The van der Waals surface area contributed by atoms with Gasteiger partial charge in [-0.15, -0.1) is 0 Å². The van der Waals surface area contributed by atoms with Crippen LogP contribution < -0.4 is 0 Å². The van der Waals surface area contributed by atoms with Crippen LogP contribution in [0.2, 0.25) is 0 Å². The Labute approximate surface area is 619 Å². The number of aliphatic hydroxyl groups excluding tert-OH is 1. The second-order valence-electron chi connectivity index (χ2n) is 26.3. The molecule has 0 aliphatic rings. The van der Waals surface area contributed by atoms with Gasteiger partial charge in [-0.1, -0.05) is 316 Å². The number of unbranched alkanes of at least 4 members (excludes halogenated alkanes) is 28. The first kappa shape index (κ1) is 97.5. The van der Waals surface area contributed by atoms with E-state index in [0.717, 1.165) is 103 Å². The van der Waals surface area contributed by atoms with Gasteiger partial charge in [0, 0.05) is 25.7 Å². The molecule has 0 aliphatic carbocycles. The molecular formula is C83H142O17P2. The second-order valence-corrected chi connectivity index (χ2v) is 29.2. The Morgan fingerprint density at radius 3 is 0.882 bits per heavy atom. The predicted octanol–water partition coefficient (Wildman–Crippen LogP) is 23.1. The molecule has 0 saturated heterocycles. The van der Waals surface area contributed by atoms with Crippen LogP contribution in [0.15, 0.2) is 122 Å². The van der Waals surface area contributed by atoms with E-state index in [4.69, 9.17) is 37.0 Å². The Morgan fingerprint density at radius 1 is 0.284 bits per heavy atom. The van der Waals surface area contributed by atoms with E-state index in [0.29, 0.717) is 38.5 Å². The number of phosphoric ester groups is 2. The molecule has 17 nitrogen and oxygen atoms in total. The van der Waals surface area contributed by atoms with Crippen molar-refractivity contribution in [2.75, 3.05) is 39.6 Å². The van der Waals surface area contributed by atoms with E-state index in [1.165, 1.54) is 128 Å². The van der Waals surface area contributed by atoms with Crippen LogP contribution in [0.4, 0.5) is 0 Å². The molecule has 102 heavy (non-hydrogen) atoms. The lowest BCUT2D eigenvalue weighted by atomic mass is 10.0. The van der Waals surface area contributed by atoms with E-state index in [9.17, 15) is 43.2 Å². The fourth-order valence-corrected chi connectivity index (χ4v) is 12.0. The summed E-state index contributed by atoms with van der Waals surface area (Å²) in [4.78, 5) is 72.9. The van der Waals surface area contributed by atoms with Gasteiger partial charge < -0.3 is 33.8 Å². The maximum atomic E-state index is 13.1. The summed E-state index contributed by atoms with van der Waals surface area (Å²) in [5.74, 6) is -2.33. The molecule has 3 N–H and O–H groups in total. The van der Waals surface area contributed by atoms with Gasteiger partial charge in [-0.25, -0.2) is 9.13 Å². The Morgan fingerprint density at radius 2 is 0.539 bits per heavy atom. The number of hydrogen-bond acceptors (Lipinski definition) is 15. The second kappa shape index (κ2) is 74.7. The molecule has 0 fully saturated rings. The molecule has 0 spiro atoms. The zero-order valence-electron chi connectivity index (χ0n) is 64.0. The molecule has 0 radical (unpaired) electrons. The first-order valence-electron chi connectivity index (χ1n) is 39.8. The van der Waals surface area contributed by atoms with Gasteiger partial charge in [-0.3, -0.25) is 37.3 Å². The van der Waals surface area contributed by atoms with Crippen LogP contribution in [0.3, 0.4) is 0 Å². The summed E-state index contributed by atoms with van der Waals surface area (Å²) in [5.41, 5.74) is 0.